The molecule has 3 aromatic rings. The summed E-state index contributed by atoms with van der Waals surface area (Å²) >= 11 is 0. The molecule has 41 heavy (non-hydrogen) atoms. The molecule has 0 bridgehead atoms. The fraction of sp³-hybridized carbons (Fsp3) is 0.344. The molecule has 3 aromatic carbocycles. The Bertz CT molecular complexity index is 1260. The van der Waals surface area contributed by atoms with Crippen LogP contribution in [0.5, 0.6) is 5.75 Å². The lowest BCUT2D eigenvalue weighted by Crippen LogP contribution is -2.45. The molecule has 0 aromatic heterocycles. The molecule has 1 atom stereocenters. The van der Waals surface area contributed by atoms with Gasteiger partial charge in [0.15, 0.2) is 0 Å². The van der Waals surface area contributed by atoms with Gasteiger partial charge in [0, 0.05) is 17.9 Å². The van der Waals surface area contributed by atoms with Crippen LogP contribution in [0.2, 0.25) is 0 Å². The van der Waals surface area contributed by atoms with Gasteiger partial charge in [-0.1, -0.05) is 48.0 Å². The van der Waals surface area contributed by atoms with Crippen molar-refractivity contribution in [2.24, 2.45) is 0 Å². The van der Waals surface area contributed by atoms with Crippen LogP contribution >= 0.6 is 0 Å². The van der Waals surface area contributed by atoms with Crippen molar-refractivity contribution in [2.45, 2.75) is 65.2 Å². The first kappa shape index (κ1) is 31.0. The lowest BCUT2D eigenvalue weighted by atomic mass is 10.1. The maximum Gasteiger partial charge on any atom is 0.407 e. The highest BCUT2D eigenvalue weighted by molar-refractivity contribution is 5.99. The summed E-state index contributed by atoms with van der Waals surface area (Å²) in [5, 5.41) is 11.1. The first-order chi connectivity index (χ1) is 19.6. The van der Waals surface area contributed by atoms with Gasteiger partial charge < -0.3 is 30.7 Å². The summed E-state index contributed by atoms with van der Waals surface area (Å²) in [4.78, 5) is 37.8. The average molecular weight is 561 g/mol. The highest BCUT2D eigenvalue weighted by Gasteiger charge is 2.21. The lowest BCUT2D eigenvalue weighted by Gasteiger charge is -2.20. The molecule has 0 aliphatic rings. The second-order valence-electron chi connectivity index (χ2n) is 10.7. The summed E-state index contributed by atoms with van der Waals surface area (Å²) < 4.78 is 11.0. The first-order valence-corrected chi connectivity index (χ1v) is 13.8. The summed E-state index contributed by atoms with van der Waals surface area (Å²) in [6, 6.07) is 23.0. The molecule has 218 valence electrons. The second-order valence-corrected chi connectivity index (χ2v) is 10.7. The molecule has 0 saturated carbocycles. The quantitative estimate of drug-likeness (QED) is 0.191. The van der Waals surface area contributed by atoms with Crippen molar-refractivity contribution in [3.63, 3.8) is 0 Å². The molecule has 0 radical (unpaired) electrons. The minimum absolute atomic E-state index is 0.325. The highest BCUT2D eigenvalue weighted by Crippen LogP contribution is 2.17. The van der Waals surface area contributed by atoms with Crippen LogP contribution in [0, 0.1) is 6.92 Å². The number of carbonyl (C=O) groups is 3. The van der Waals surface area contributed by atoms with E-state index in [0.717, 1.165) is 11.1 Å². The topological polar surface area (TPSA) is 118 Å². The third-order valence-corrected chi connectivity index (χ3v) is 5.89. The Balaban J connectivity index is 1.52. The van der Waals surface area contributed by atoms with Crippen molar-refractivity contribution >= 4 is 29.4 Å². The number of nitrogens with one attached hydrogen (secondary N) is 4. The monoisotopic (exact) mass is 560 g/mol. The normalized spacial score (nSPS) is 11.6. The highest BCUT2D eigenvalue weighted by atomic mass is 16.6. The van der Waals surface area contributed by atoms with Crippen molar-refractivity contribution in [3.8, 4) is 5.75 Å². The summed E-state index contributed by atoms with van der Waals surface area (Å²) in [5.41, 5.74) is 2.77. The van der Waals surface area contributed by atoms with Crippen molar-refractivity contribution in [1.82, 2.24) is 10.6 Å². The third-order valence-electron chi connectivity index (χ3n) is 5.89. The number of ether oxygens (including phenoxy) is 2. The number of aryl methyl sites for hydroxylation is 1. The van der Waals surface area contributed by atoms with Gasteiger partial charge in [-0.2, -0.15) is 0 Å². The number of hydrogen-bond acceptors (Lipinski definition) is 5. The Labute approximate surface area is 242 Å². The van der Waals surface area contributed by atoms with Crippen LogP contribution in [-0.2, 0) is 16.1 Å². The van der Waals surface area contributed by atoms with Crippen molar-refractivity contribution in [1.29, 1.82) is 0 Å². The van der Waals surface area contributed by atoms with Crippen molar-refractivity contribution in [2.75, 3.05) is 17.2 Å². The van der Waals surface area contributed by atoms with E-state index in [1.807, 2.05) is 61.5 Å². The molecule has 4 amide bonds. The lowest BCUT2D eigenvalue weighted by molar-refractivity contribution is -0.118. The van der Waals surface area contributed by atoms with Crippen LogP contribution in [0.3, 0.4) is 0 Å². The minimum Gasteiger partial charge on any atom is -0.489 e. The molecule has 0 fully saturated rings. The zero-order chi connectivity index (χ0) is 29.7. The zero-order valence-electron chi connectivity index (χ0n) is 24.2. The van der Waals surface area contributed by atoms with Crippen molar-refractivity contribution < 1.29 is 23.9 Å². The van der Waals surface area contributed by atoms with Crippen LogP contribution in [0.15, 0.2) is 78.9 Å². The predicted octanol–water partition coefficient (Wildman–Crippen LogP) is 6.40. The maximum absolute atomic E-state index is 13.1. The fourth-order valence-corrected chi connectivity index (χ4v) is 3.81. The molecular formula is C32H40N4O5. The Morgan fingerprint density at radius 2 is 1.44 bits per heavy atom. The largest absolute Gasteiger partial charge is 0.489 e. The Kier molecular flexibility index (Phi) is 11.6. The summed E-state index contributed by atoms with van der Waals surface area (Å²) in [6.07, 6.45) is 1.10. The van der Waals surface area contributed by atoms with E-state index in [1.54, 1.807) is 45.0 Å². The van der Waals surface area contributed by atoms with Crippen molar-refractivity contribution in [3.05, 3.63) is 90.0 Å². The molecular weight excluding hydrogens is 520 g/mol. The van der Waals surface area contributed by atoms with Gasteiger partial charge in [-0.25, -0.2) is 9.59 Å². The van der Waals surface area contributed by atoms with E-state index >= 15 is 0 Å². The molecule has 0 spiro atoms. The Morgan fingerprint density at radius 1 is 0.805 bits per heavy atom. The average Bonchev–Trinajstić information content (AvgIpc) is 2.92. The fourth-order valence-electron chi connectivity index (χ4n) is 3.81. The van der Waals surface area contributed by atoms with E-state index in [1.165, 1.54) is 0 Å². The molecule has 0 heterocycles. The van der Waals surface area contributed by atoms with Gasteiger partial charge in [-0.05, 0) is 88.9 Å². The van der Waals surface area contributed by atoms with Crippen LogP contribution < -0.4 is 26.0 Å². The number of rotatable bonds is 12. The maximum atomic E-state index is 13.1. The number of anilines is 2. The molecule has 9 nitrogen and oxygen atoms in total. The predicted molar refractivity (Wildman–Crippen MR) is 161 cm³/mol. The minimum atomic E-state index is -0.786. The Morgan fingerprint density at radius 3 is 2.10 bits per heavy atom. The number of benzene rings is 3. The standard InChI is InChI=1S/C32H40N4O5/c1-23-13-15-25(16-14-23)34-29(37)28(12-8-9-21-33-31(39)41-32(2,3)4)36-30(38)35-26-17-19-27(20-18-26)40-22-24-10-6-5-7-11-24/h5-7,10-11,13-20,28H,8-9,12,21-22H2,1-4H3,(H,33,39)(H,34,37)(H2,35,36,38)/t28-/m0/s1. The van der Waals surface area contributed by atoms with Gasteiger partial charge in [0.1, 0.15) is 24.0 Å². The summed E-state index contributed by atoms with van der Waals surface area (Å²) in [5.74, 6) is 0.351. The van der Waals surface area contributed by atoms with Gasteiger partial charge >= 0.3 is 12.1 Å². The number of urea groups is 1. The van der Waals surface area contributed by atoms with E-state index in [-0.39, 0.29) is 5.91 Å². The number of carbonyl (C=O) groups excluding carboxylic acids is 3. The Hall–Kier alpha value is -4.53. The van der Waals surface area contributed by atoms with Crippen LogP contribution in [0.4, 0.5) is 21.0 Å². The molecule has 0 unspecified atom stereocenters. The van der Waals surface area contributed by atoms with Gasteiger partial charge in [-0.3, -0.25) is 4.79 Å². The number of amides is 4. The van der Waals surface area contributed by atoms with E-state index < -0.39 is 23.8 Å². The zero-order valence-corrected chi connectivity index (χ0v) is 24.2. The third kappa shape index (κ3) is 12.0. The molecule has 3 rings (SSSR count). The first-order valence-electron chi connectivity index (χ1n) is 13.8. The van der Waals surface area contributed by atoms with E-state index in [2.05, 4.69) is 21.3 Å². The van der Waals surface area contributed by atoms with E-state index in [0.29, 0.717) is 49.5 Å². The molecule has 0 aliphatic heterocycles. The summed E-state index contributed by atoms with van der Waals surface area (Å²) in [6.45, 7) is 8.21. The molecule has 0 saturated heterocycles. The van der Waals surface area contributed by atoms with Gasteiger partial charge in [0.05, 0.1) is 0 Å². The van der Waals surface area contributed by atoms with Crippen LogP contribution in [0.1, 0.15) is 51.2 Å². The number of hydrogen-bond donors (Lipinski definition) is 4. The van der Waals surface area contributed by atoms with E-state index in [9.17, 15) is 14.4 Å². The second kappa shape index (κ2) is 15.3. The molecule has 0 aliphatic carbocycles. The SMILES string of the molecule is Cc1ccc(NC(=O)[C@H](CCCCNC(=O)OC(C)(C)C)NC(=O)Nc2ccc(OCc3ccccc3)cc2)cc1. The van der Waals surface area contributed by atoms with Crippen LogP contribution in [-0.4, -0.2) is 36.2 Å². The van der Waals surface area contributed by atoms with Gasteiger partial charge in [-0.15, -0.1) is 0 Å². The van der Waals surface area contributed by atoms with Crippen LogP contribution in [0.25, 0.3) is 0 Å². The number of alkyl carbamates (subject to hydrolysis) is 1. The number of unbranched alkanes of at least 4 members (excludes halogenated alkanes) is 1. The van der Waals surface area contributed by atoms with Gasteiger partial charge in [0.25, 0.3) is 0 Å². The van der Waals surface area contributed by atoms with E-state index in [4.69, 9.17) is 9.47 Å². The summed E-state index contributed by atoms with van der Waals surface area (Å²) in [7, 11) is 0. The smallest absolute Gasteiger partial charge is 0.407 e. The van der Waals surface area contributed by atoms with Gasteiger partial charge in [0.2, 0.25) is 5.91 Å². The molecule has 9 heteroatoms. The molecule has 4 N–H and O–H groups in total.